The number of carbonyl (C=O) groups excluding carboxylic acids is 1. The van der Waals surface area contributed by atoms with Gasteiger partial charge in [-0.1, -0.05) is 13.8 Å². The third kappa shape index (κ3) is 3.40. The average Bonchev–Trinajstić information content (AvgIpc) is 2.75. The minimum absolute atomic E-state index is 0.161. The van der Waals surface area contributed by atoms with Crippen LogP contribution in [0, 0.1) is 8.99 Å². The summed E-state index contributed by atoms with van der Waals surface area (Å²) in [6.45, 7) is 8.54. The first-order valence-electron chi connectivity index (χ1n) is 7.66. The van der Waals surface area contributed by atoms with Crippen LogP contribution in [0.1, 0.15) is 43.6 Å². The van der Waals surface area contributed by atoms with Crippen molar-refractivity contribution in [2.45, 2.75) is 33.3 Å². The lowest BCUT2D eigenvalue weighted by molar-refractivity contribution is -0.228. The van der Waals surface area contributed by atoms with E-state index < -0.39 is 13.5 Å². The number of aldehydes is 1. The molecule has 2 aliphatic rings. The van der Waals surface area contributed by atoms with Gasteiger partial charge in [-0.2, -0.15) is 0 Å². The Morgan fingerprint density at radius 3 is 2.42 bits per heavy atom. The number of benzene rings is 1. The summed E-state index contributed by atoms with van der Waals surface area (Å²) in [5, 5.41) is 0. The molecule has 7 heteroatoms. The summed E-state index contributed by atoms with van der Waals surface area (Å²) >= 11 is 2.14. The molecule has 24 heavy (non-hydrogen) atoms. The van der Waals surface area contributed by atoms with Gasteiger partial charge in [0.25, 0.3) is 7.94 Å². The molecule has 0 unspecified atom stereocenters. The van der Waals surface area contributed by atoms with Gasteiger partial charge in [-0.25, -0.2) is 9.05 Å². The summed E-state index contributed by atoms with van der Waals surface area (Å²) < 4.78 is 18.0. The molecule has 0 N–H and O–H groups in total. The van der Waals surface area contributed by atoms with Gasteiger partial charge in [0.1, 0.15) is 36.7 Å². The first kappa shape index (κ1) is 18.3. The number of fused-ring (bicyclic) bond motifs is 1. The Hall–Kier alpha value is -0.530. The quantitative estimate of drug-likeness (QED) is 0.380. The number of ether oxygens (including phenoxy) is 1. The summed E-state index contributed by atoms with van der Waals surface area (Å²) in [6.07, 6.45) is 0.795. The van der Waals surface area contributed by atoms with Crippen LogP contribution in [0.25, 0.3) is 5.57 Å². The van der Waals surface area contributed by atoms with Crippen molar-refractivity contribution < 1.29 is 23.5 Å². The Bertz CT molecular complexity index is 716. The molecule has 2 heterocycles. The lowest BCUT2D eigenvalue weighted by Gasteiger charge is -2.36. The third-order valence-electron chi connectivity index (χ3n) is 4.06. The maximum atomic E-state index is 13.0. The highest BCUT2D eigenvalue weighted by Crippen LogP contribution is 2.62. The van der Waals surface area contributed by atoms with Gasteiger partial charge < -0.3 is 9.63 Å². The van der Waals surface area contributed by atoms with E-state index in [-0.39, 0.29) is 5.41 Å². The second-order valence-electron chi connectivity index (χ2n) is 7.40. The molecule has 3 rings (SSSR count). The van der Waals surface area contributed by atoms with Crippen molar-refractivity contribution in [3.8, 4) is 5.75 Å². The molecule has 0 spiro atoms. The van der Waals surface area contributed by atoms with Gasteiger partial charge in [0.2, 0.25) is 0 Å². The zero-order valence-corrected chi connectivity index (χ0v) is 17.1. The van der Waals surface area contributed by atoms with Crippen molar-refractivity contribution >= 4 is 42.4 Å². The lowest BCUT2D eigenvalue weighted by atomic mass is 9.95. The number of carbonyl (C=O) groups is 1. The molecule has 0 aliphatic carbocycles. The Balaban J connectivity index is 2.05. The Morgan fingerprint density at radius 2 is 1.83 bits per heavy atom. The standard InChI is InChI=1S/C17H20IO5P/c1-16(2)9-21-24(20,22-10-16)8-13-12-5-11(7-19)6-14(18)15(12)23-17(13,3)4/h5-8H,9-10H2,1-4H3/b13-8+. The van der Waals surface area contributed by atoms with Crippen molar-refractivity contribution in [3.63, 3.8) is 0 Å². The number of hydrogen-bond donors (Lipinski definition) is 0. The van der Waals surface area contributed by atoms with E-state index in [1.165, 1.54) is 0 Å². The molecule has 1 aromatic rings. The van der Waals surface area contributed by atoms with E-state index in [2.05, 4.69) is 22.6 Å². The highest BCUT2D eigenvalue weighted by Gasteiger charge is 2.45. The van der Waals surface area contributed by atoms with Gasteiger partial charge >= 0.3 is 0 Å². The largest absolute Gasteiger partial charge is 0.628 e. The zero-order valence-electron chi connectivity index (χ0n) is 14.1. The molecule has 2 aliphatic heterocycles. The molecule has 1 fully saturated rings. The van der Waals surface area contributed by atoms with Crippen LogP contribution >= 0.6 is 30.5 Å². The van der Waals surface area contributed by atoms with Crippen LogP contribution in [0.2, 0.25) is 0 Å². The van der Waals surface area contributed by atoms with E-state index in [4.69, 9.17) is 13.8 Å². The fourth-order valence-electron chi connectivity index (χ4n) is 2.69. The van der Waals surface area contributed by atoms with Gasteiger partial charge in [0.15, 0.2) is 0 Å². The maximum absolute atomic E-state index is 13.0. The van der Waals surface area contributed by atoms with Crippen molar-refractivity contribution in [3.05, 3.63) is 32.6 Å². The molecular formula is C17H20IO5P. The summed E-state index contributed by atoms with van der Waals surface area (Å²) in [6, 6.07) is 3.52. The summed E-state index contributed by atoms with van der Waals surface area (Å²) in [5.41, 5.74) is 1.20. The molecular weight excluding hydrogens is 442 g/mol. The Morgan fingerprint density at radius 1 is 1.21 bits per heavy atom. The van der Waals surface area contributed by atoms with Crippen LogP contribution < -0.4 is 9.63 Å². The monoisotopic (exact) mass is 462 g/mol. The van der Waals surface area contributed by atoms with E-state index in [0.29, 0.717) is 24.5 Å². The van der Waals surface area contributed by atoms with Gasteiger partial charge in [0.05, 0.1) is 3.57 Å². The van der Waals surface area contributed by atoms with Crippen molar-refractivity contribution in [2.75, 3.05) is 13.2 Å². The predicted octanol–water partition coefficient (Wildman–Crippen LogP) is 3.81. The Kier molecular flexibility index (Phi) is 4.58. The second kappa shape index (κ2) is 6.02. The molecule has 130 valence electrons. The molecule has 1 aromatic carbocycles. The first-order valence-corrected chi connectivity index (χ1v) is 10.3. The topological polar surface area (TPSA) is 67.8 Å². The smallest absolute Gasteiger partial charge is 0.264 e. The second-order valence-corrected chi connectivity index (χ2v) is 10.4. The van der Waals surface area contributed by atoms with Crippen molar-refractivity contribution in [1.82, 2.24) is 0 Å². The number of halogens is 1. The SMILES string of the molecule is CC1(C)CO[P+]([O-])(/C=C2\c3cc(C=O)cc(I)c3OC2(C)C)OC1. The molecule has 0 amide bonds. The molecule has 0 aromatic heterocycles. The fourth-order valence-corrected chi connectivity index (χ4v) is 5.50. The highest BCUT2D eigenvalue weighted by atomic mass is 127. The third-order valence-corrected chi connectivity index (χ3v) is 6.41. The van der Waals surface area contributed by atoms with Crippen LogP contribution in [0.4, 0.5) is 0 Å². The molecule has 0 saturated carbocycles. The zero-order chi connectivity index (χ0) is 17.8. The van der Waals surface area contributed by atoms with Gasteiger partial charge in [-0.05, 0) is 48.6 Å². The minimum Gasteiger partial charge on any atom is -0.628 e. The molecule has 0 atom stereocenters. The van der Waals surface area contributed by atoms with Crippen molar-refractivity contribution in [1.29, 1.82) is 0 Å². The lowest BCUT2D eigenvalue weighted by Crippen LogP contribution is -2.34. The number of rotatable bonds is 2. The maximum Gasteiger partial charge on any atom is 0.264 e. The van der Waals surface area contributed by atoms with Crippen LogP contribution in [-0.4, -0.2) is 25.1 Å². The van der Waals surface area contributed by atoms with E-state index in [1.807, 2.05) is 27.7 Å². The van der Waals surface area contributed by atoms with Gasteiger partial charge in [-0.15, -0.1) is 0 Å². The summed E-state index contributed by atoms with van der Waals surface area (Å²) in [7, 11) is -3.35. The first-order chi connectivity index (χ1) is 11.1. The van der Waals surface area contributed by atoms with Crippen LogP contribution in [-0.2, 0) is 9.05 Å². The number of hydrogen-bond acceptors (Lipinski definition) is 5. The normalized spacial score (nSPS) is 25.2. The summed E-state index contributed by atoms with van der Waals surface area (Å²) in [5.74, 6) is 2.25. The average molecular weight is 462 g/mol. The minimum atomic E-state index is -3.35. The molecule has 0 radical (unpaired) electrons. The Labute approximate surface area is 156 Å². The van der Waals surface area contributed by atoms with Gasteiger partial charge in [0, 0.05) is 22.1 Å². The van der Waals surface area contributed by atoms with E-state index in [9.17, 15) is 9.69 Å². The van der Waals surface area contributed by atoms with Crippen LogP contribution in [0.15, 0.2) is 17.9 Å². The van der Waals surface area contributed by atoms with E-state index in [1.54, 1.807) is 17.9 Å². The molecule has 1 saturated heterocycles. The fraction of sp³-hybridized carbons (Fsp3) is 0.471. The molecule has 5 nitrogen and oxygen atoms in total. The van der Waals surface area contributed by atoms with Gasteiger partial charge in [-0.3, -0.25) is 4.79 Å². The van der Waals surface area contributed by atoms with Crippen LogP contribution in [0.5, 0.6) is 5.75 Å². The molecule has 0 bridgehead atoms. The highest BCUT2D eigenvalue weighted by molar-refractivity contribution is 14.1. The van der Waals surface area contributed by atoms with Crippen LogP contribution in [0.3, 0.4) is 0 Å². The van der Waals surface area contributed by atoms with E-state index >= 15 is 0 Å². The van der Waals surface area contributed by atoms with E-state index in [0.717, 1.165) is 21.0 Å². The predicted molar refractivity (Wildman–Crippen MR) is 99.8 cm³/mol. The van der Waals surface area contributed by atoms with Crippen molar-refractivity contribution in [2.24, 2.45) is 5.41 Å². The summed E-state index contributed by atoms with van der Waals surface area (Å²) in [4.78, 5) is 24.1.